The zero-order valence-electron chi connectivity index (χ0n) is 12.1. The molecule has 0 aliphatic carbocycles. The second kappa shape index (κ2) is 7.22. The van der Waals surface area contributed by atoms with Crippen molar-refractivity contribution >= 4 is 21.4 Å². The van der Waals surface area contributed by atoms with Gasteiger partial charge in [-0.3, -0.25) is 0 Å². The lowest BCUT2D eigenvalue weighted by Gasteiger charge is -2.11. The van der Waals surface area contributed by atoms with Crippen molar-refractivity contribution in [2.75, 3.05) is 6.54 Å². The fourth-order valence-electron chi connectivity index (χ4n) is 1.87. The first kappa shape index (κ1) is 16.2. The third kappa shape index (κ3) is 4.41. The van der Waals surface area contributed by atoms with Gasteiger partial charge in [0.1, 0.15) is 5.76 Å². The molecule has 2 aromatic heterocycles. The van der Waals surface area contributed by atoms with E-state index in [0.717, 1.165) is 18.5 Å². The van der Waals surface area contributed by atoms with E-state index in [9.17, 15) is 8.42 Å². The summed E-state index contributed by atoms with van der Waals surface area (Å²) in [6, 6.07) is 4.80. The van der Waals surface area contributed by atoms with Crippen LogP contribution in [0, 0.1) is 0 Å². The zero-order chi connectivity index (χ0) is 15.3. The average molecular weight is 328 g/mol. The topological polar surface area (TPSA) is 71.3 Å². The first-order chi connectivity index (χ1) is 10.0. The lowest BCUT2D eigenvalue weighted by Crippen LogP contribution is -2.26. The van der Waals surface area contributed by atoms with Gasteiger partial charge in [0, 0.05) is 6.04 Å². The smallest absolute Gasteiger partial charge is 0.274 e. The van der Waals surface area contributed by atoms with Crippen molar-refractivity contribution < 1.29 is 12.8 Å². The third-order valence-electron chi connectivity index (χ3n) is 3.00. The molecule has 1 unspecified atom stereocenters. The number of thiophene rings is 1. The van der Waals surface area contributed by atoms with Gasteiger partial charge in [-0.15, -0.1) is 0 Å². The Balaban J connectivity index is 2.02. The summed E-state index contributed by atoms with van der Waals surface area (Å²) < 4.78 is 32.5. The molecule has 0 amide bonds. The molecule has 2 aromatic rings. The molecule has 2 N–H and O–H groups in total. The number of nitrogens with one attached hydrogen (secondary N) is 2. The summed E-state index contributed by atoms with van der Waals surface area (Å²) in [5.41, 5.74) is 0.944. The molecule has 2 rings (SSSR count). The fraction of sp³-hybridized carbons (Fsp3) is 0.429. The Morgan fingerprint density at radius 3 is 2.81 bits per heavy atom. The Labute approximate surface area is 129 Å². The minimum Gasteiger partial charge on any atom is -0.447 e. The van der Waals surface area contributed by atoms with Crippen LogP contribution in [0.2, 0.25) is 0 Å². The second-order valence-corrected chi connectivity index (χ2v) is 7.22. The van der Waals surface area contributed by atoms with Crippen molar-refractivity contribution in [1.29, 1.82) is 0 Å². The largest absolute Gasteiger partial charge is 0.447 e. The van der Waals surface area contributed by atoms with Crippen LogP contribution in [-0.4, -0.2) is 15.0 Å². The summed E-state index contributed by atoms with van der Waals surface area (Å²) in [5.74, 6) is 0.618. The van der Waals surface area contributed by atoms with E-state index in [4.69, 9.17) is 4.42 Å². The predicted molar refractivity (Wildman–Crippen MR) is 83.8 cm³/mol. The maximum absolute atomic E-state index is 12.3. The molecular weight excluding hydrogens is 308 g/mol. The molecule has 116 valence electrons. The zero-order valence-corrected chi connectivity index (χ0v) is 13.8. The predicted octanol–water partition coefficient (Wildman–Crippen LogP) is 2.88. The lowest BCUT2D eigenvalue weighted by molar-refractivity contribution is 0.398. The molecule has 1 atom stereocenters. The van der Waals surface area contributed by atoms with Crippen LogP contribution in [0.4, 0.5) is 0 Å². The van der Waals surface area contributed by atoms with Crippen molar-refractivity contribution in [1.82, 2.24) is 10.0 Å². The Bertz CT molecular complexity index is 648. The highest BCUT2D eigenvalue weighted by molar-refractivity contribution is 7.89. The van der Waals surface area contributed by atoms with E-state index in [1.807, 2.05) is 23.8 Å². The highest BCUT2D eigenvalue weighted by Crippen LogP contribution is 2.20. The molecule has 5 nitrogen and oxygen atoms in total. The van der Waals surface area contributed by atoms with Crippen molar-refractivity contribution in [2.45, 2.75) is 37.9 Å². The van der Waals surface area contributed by atoms with Crippen molar-refractivity contribution in [3.8, 4) is 0 Å². The van der Waals surface area contributed by atoms with Gasteiger partial charge >= 0.3 is 0 Å². The van der Waals surface area contributed by atoms with Crippen molar-refractivity contribution in [3.63, 3.8) is 0 Å². The molecule has 0 radical (unpaired) electrons. The highest BCUT2D eigenvalue weighted by atomic mass is 32.2. The van der Waals surface area contributed by atoms with Crippen molar-refractivity contribution in [2.24, 2.45) is 0 Å². The molecule has 0 aromatic carbocycles. The van der Waals surface area contributed by atoms with Crippen LogP contribution in [0.5, 0.6) is 0 Å². The van der Waals surface area contributed by atoms with Crippen LogP contribution < -0.4 is 10.0 Å². The first-order valence-corrected chi connectivity index (χ1v) is 9.29. The number of hydrogen-bond acceptors (Lipinski definition) is 5. The van der Waals surface area contributed by atoms with Gasteiger partial charge in [-0.2, -0.15) is 11.3 Å². The van der Waals surface area contributed by atoms with Gasteiger partial charge in [0.2, 0.25) is 5.09 Å². The molecule has 0 aliphatic heterocycles. The molecule has 7 heteroatoms. The third-order valence-corrected chi connectivity index (χ3v) is 5.12. The van der Waals surface area contributed by atoms with E-state index in [1.165, 1.54) is 17.4 Å². The standard InChI is InChI=1S/C14H20N2O3S2/c1-3-7-15-9-13-4-5-14(19-13)21(17,18)16-11(2)12-6-8-20-10-12/h4-6,8,10-11,15-16H,3,7,9H2,1-2H3. The van der Waals surface area contributed by atoms with Crippen LogP contribution in [0.3, 0.4) is 0 Å². The van der Waals surface area contributed by atoms with Crippen LogP contribution in [0.15, 0.2) is 38.5 Å². The Hall–Kier alpha value is -1.15. The summed E-state index contributed by atoms with van der Waals surface area (Å²) in [4.78, 5) is 0. The van der Waals surface area contributed by atoms with E-state index in [1.54, 1.807) is 6.07 Å². The molecule has 0 aliphatic rings. The summed E-state index contributed by atoms with van der Waals surface area (Å²) in [5, 5.41) is 6.98. The number of furan rings is 1. The summed E-state index contributed by atoms with van der Waals surface area (Å²) >= 11 is 1.54. The molecule has 2 heterocycles. The maximum Gasteiger partial charge on any atom is 0.274 e. The average Bonchev–Trinajstić information content (AvgIpc) is 3.10. The first-order valence-electron chi connectivity index (χ1n) is 6.87. The Kier molecular flexibility index (Phi) is 5.58. The van der Waals surface area contributed by atoms with Crippen LogP contribution in [0.25, 0.3) is 0 Å². The Morgan fingerprint density at radius 1 is 1.33 bits per heavy atom. The quantitative estimate of drug-likeness (QED) is 0.731. The molecule has 0 spiro atoms. The van der Waals surface area contributed by atoms with E-state index >= 15 is 0 Å². The SMILES string of the molecule is CCCNCc1ccc(S(=O)(=O)NC(C)c2ccsc2)o1. The lowest BCUT2D eigenvalue weighted by atomic mass is 10.2. The number of sulfonamides is 1. The van der Waals surface area contributed by atoms with E-state index < -0.39 is 10.0 Å². The van der Waals surface area contributed by atoms with Gasteiger partial charge in [0.25, 0.3) is 10.0 Å². The molecular formula is C14H20N2O3S2. The van der Waals surface area contributed by atoms with Crippen LogP contribution in [0.1, 0.15) is 37.6 Å². The minimum absolute atomic E-state index is 0.0436. The van der Waals surface area contributed by atoms with E-state index in [2.05, 4.69) is 17.0 Å². The van der Waals surface area contributed by atoms with Crippen LogP contribution in [-0.2, 0) is 16.6 Å². The number of hydrogen-bond donors (Lipinski definition) is 2. The van der Waals surface area contributed by atoms with E-state index in [-0.39, 0.29) is 11.1 Å². The van der Waals surface area contributed by atoms with Gasteiger partial charge in [-0.1, -0.05) is 6.92 Å². The number of rotatable bonds is 8. The highest BCUT2D eigenvalue weighted by Gasteiger charge is 2.22. The molecule has 21 heavy (non-hydrogen) atoms. The maximum atomic E-state index is 12.3. The molecule has 0 saturated carbocycles. The molecule has 0 saturated heterocycles. The van der Waals surface area contributed by atoms with Gasteiger partial charge < -0.3 is 9.73 Å². The monoisotopic (exact) mass is 328 g/mol. The van der Waals surface area contributed by atoms with Gasteiger partial charge in [0.15, 0.2) is 0 Å². The molecule has 0 bridgehead atoms. The van der Waals surface area contributed by atoms with Gasteiger partial charge in [-0.05, 0) is 54.4 Å². The fourth-order valence-corrected chi connectivity index (χ4v) is 3.80. The minimum atomic E-state index is -3.64. The Morgan fingerprint density at radius 2 is 2.14 bits per heavy atom. The summed E-state index contributed by atoms with van der Waals surface area (Å²) in [6.45, 7) is 5.28. The normalized spacial score (nSPS) is 13.4. The van der Waals surface area contributed by atoms with Crippen LogP contribution >= 0.6 is 11.3 Å². The van der Waals surface area contributed by atoms with Gasteiger partial charge in [0.05, 0.1) is 6.54 Å². The van der Waals surface area contributed by atoms with Gasteiger partial charge in [-0.25, -0.2) is 13.1 Å². The summed E-state index contributed by atoms with van der Waals surface area (Å²) in [7, 11) is -3.64. The van der Waals surface area contributed by atoms with Crippen molar-refractivity contribution in [3.05, 3.63) is 40.3 Å². The summed E-state index contributed by atoms with van der Waals surface area (Å²) in [6.07, 6.45) is 1.02. The second-order valence-electron chi connectivity index (χ2n) is 4.80. The molecule has 0 fully saturated rings. The van der Waals surface area contributed by atoms with E-state index in [0.29, 0.717) is 12.3 Å².